The molecular formula is C18H13ClN2O2S. The second-order valence-electron chi connectivity index (χ2n) is 5.90. The van der Waals surface area contributed by atoms with Crippen LogP contribution < -0.4 is 0 Å². The van der Waals surface area contributed by atoms with Gasteiger partial charge in [0.1, 0.15) is 5.25 Å². The average Bonchev–Trinajstić information content (AvgIpc) is 3.26. The lowest BCUT2D eigenvalue weighted by atomic mass is 10.0. The first-order valence-electron chi connectivity index (χ1n) is 7.25. The summed E-state index contributed by atoms with van der Waals surface area (Å²) in [7, 11) is -3.81. The SMILES string of the molecule is Cc1ccc(S(=O)(=O)[C@@H]2[C@H](c3cccc(Cl)c3)C2(C#N)C#N)cc1. The molecule has 4 nitrogen and oxygen atoms in total. The molecule has 0 bridgehead atoms. The summed E-state index contributed by atoms with van der Waals surface area (Å²) in [5.41, 5.74) is -0.0664. The molecule has 1 fully saturated rings. The molecule has 0 amide bonds. The zero-order valence-corrected chi connectivity index (χ0v) is 14.3. The molecule has 1 aliphatic rings. The largest absolute Gasteiger partial charge is 0.223 e. The van der Waals surface area contributed by atoms with Crippen molar-refractivity contribution in [3.8, 4) is 12.1 Å². The summed E-state index contributed by atoms with van der Waals surface area (Å²) in [5.74, 6) is -0.711. The van der Waals surface area contributed by atoms with Gasteiger partial charge in [-0.2, -0.15) is 10.5 Å². The predicted molar refractivity (Wildman–Crippen MR) is 90.0 cm³/mol. The van der Waals surface area contributed by atoms with Crippen LogP contribution in [0.15, 0.2) is 53.4 Å². The van der Waals surface area contributed by atoms with E-state index in [9.17, 15) is 18.9 Å². The maximum Gasteiger partial charge on any atom is 0.184 e. The number of aryl methyl sites for hydroxylation is 1. The average molecular weight is 357 g/mol. The summed E-state index contributed by atoms with van der Waals surface area (Å²) >= 11 is 5.98. The van der Waals surface area contributed by atoms with Crippen molar-refractivity contribution in [1.82, 2.24) is 0 Å². The third-order valence-electron chi connectivity index (χ3n) is 4.39. The number of nitriles is 2. The van der Waals surface area contributed by atoms with Crippen LogP contribution in [-0.4, -0.2) is 13.7 Å². The summed E-state index contributed by atoms with van der Waals surface area (Å²) in [6.45, 7) is 1.86. The lowest BCUT2D eigenvalue weighted by Crippen LogP contribution is -2.14. The predicted octanol–water partition coefficient (Wildman–Crippen LogP) is 3.62. The Morgan fingerprint density at radius 1 is 1.08 bits per heavy atom. The maximum absolute atomic E-state index is 13.0. The van der Waals surface area contributed by atoms with Crippen molar-refractivity contribution in [1.29, 1.82) is 10.5 Å². The fourth-order valence-electron chi connectivity index (χ4n) is 3.08. The highest BCUT2D eigenvalue weighted by Gasteiger charge is 2.73. The first-order chi connectivity index (χ1) is 11.4. The minimum atomic E-state index is -3.81. The van der Waals surface area contributed by atoms with Gasteiger partial charge in [0.15, 0.2) is 15.3 Å². The number of hydrogen-bond donors (Lipinski definition) is 0. The van der Waals surface area contributed by atoms with E-state index in [0.29, 0.717) is 10.6 Å². The molecule has 2 aromatic carbocycles. The van der Waals surface area contributed by atoms with Gasteiger partial charge in [-0.25, -0.2) is 8.42 Å². The fraction of sp³-hybridized carbons (Fsp3) is 0.222. The van der Waals surface area contributed by atoms with Crippen LogP contribution in [-0.2, 0) is 9.84 Å². The molecule has 1 saturated carbocycles. The molecule has 3 rings (SSSR count). The quantitative estimate of drug-likeness (QED) is 0.840. The van der Waals surface area contributed by atoms with Gasteiger partial charge in [-0.1, -0.05) is 41.4 Å². The van der Waals surface area contributed by atoms with E-state index in [-0.39, 0.29) is 4.90 Å². The number of rotatable bonds is 3. The highest BCUT2D eigenvalue weighted by Crippen LogP contribution is 2.63. The molecule has 2 atom stereocenters. The van der Waals surface area contributed by atoms with Crippen LogP contribution in [0.25, 0.3) is 0 Å². The molecule has 6 heteroatoms. The Balaban J connectivity index is 2.11. The summed E-state index contributed by atoms with van der Waals surface area (Å²) < 4.78 is 25.9. The Morgan fingerprint density at radius 2 is 1.71 bits per heavy atom. The topological polar surface area (TPSA) is 81.7 Å². The van der Waals surface area contributed by atoms with E-state index in [1.54, 1.807) is 36.4 Å². The molecule has 0 radical (unpaired) electrons. The highest BCUT2D eigenvalue weighted by molar-refractivity contribution is 7.92. The van der Waals surface area contributed by atoms with E-state index in [1.165, 1.54) is 12.1 Å². The summed E-state index contributed by atoms with van der Waals surface area (Å²) in [6.07, 6.45) is 0. The first kappa shape index (κ1) is 16.5. The Kier molecular flexibility index (Phi) is 3.87. The van der Waals surface area contributed by atoms with Gasteiger partial charge in [-0.05, 0) is 36.8 Å². The van der Waals surface area contributed by atoms with Crippen molar-refractivity contribution in [3.63, 3.8) is 0 Å². The van der Waals surface area contributed by atoms with Crippen LogP contribution in [0.3, 0.4) is 0 Å². The maximum atomic E-state index is 13.0. The number of hydrogen-bond acceptors (Lipinski definition) is 4. The van der Waals surface area contributed by atoms with Crippen molar-refractivity contribution in [2.24, 2.45) is 5.41 Å². The summed E-state index contributed by atoms with van der Waals surface area (Å²) in [4.78, 5) is 0.123. The van der Waals surface area contributed by atoms with Gasteiger partial charge in [-0.3, -0.25) is 0 Å². The summed E-state index contributed by atoms with van der Waals surface area (Å²) in [5, 5.41) is 18.4. The fourth-order valence-corrected chi connectivity index (χ4v) is 5.48. The third-order valence-corrected chi connectivity index (χ3v) is 6.87. The van der Waals surface area contributed by atoms with E-state index < -0.39 is 26.4 Å². The molecule has 1 aliphatic carbocycles. The second kappa shape index (κ2) is 5.63. The Morgan fingerprint density at radius 3 is 2.25 bits per heavy atom. The van der Waals surface area contributed by atoms with Gasteiger partial charge in [-0.15, -0.1) is 0 Å². The van der Waals surface area contributed by atoms with Gasteiger partial charge in [0.2, 0.25) is 0 Å². The number of halogens is 1. The van der Waals surface area contributed by atoms with Crippen LogP contribution in [0.1, 0.15) is 17.0 Å². The Bertz CT molecular complexity index is 971. The zero-order valence-electron chi connectivity index (χ0n) is 12.8. The molecule has 0 heterocycles. The monoisotopic (exact) mass is 356 g/mol. The first-order valence-corrected chi connectivity index (χ1v) is 9.18. The van der Waals surface area contributed by atoms with Crippen LogP contribution in [0.5, 0.6) is 0 Å². The lowest BCUT2D eigenvalue weighted by Gasteiger charge is -2.04. The zero-order chi connectivity index (χ0) is 17.5. The second-order valence-corrected chi connectivity index (χ2v) is 8.41. The molecule has 0 aliphatic heterocycles. The van der Waals surface area contributed by atoms with E-state index in [1.807, 2.05) is 19.1 Å². The molecule has 0 N–H and O–H groups in total. The number of sulfone groups is 1. The van der Waals surface area contributed by atoms with Crippen molar-refractivity contribution < 1.29 is 8.42 Å². The molecule has 0 saturated heterocycles. The standard InChI is InChI=1S/C18H13ClN2O2S/c1-12-5-7-15(8-6-12)24(22,23)17-16(18(17,10-20)11-21)13-3-2-4-14(19)9-13/h2-9,16-17H,1H3/t16-,17+/m0/s1. The minimum Gasteiger partial charge on any atom is -0.223 e. The van der Waals surface area contributed by atoms with Crippen LogP contribution in [0.4, 0.5) is 0 Å². The van der Waals surface area contributed by atoms with Crippen LogP contribution in [0.2, 0.25) is 5.02 Å². The molecule has 2 aromatic rings. The lowest BCUT2D eigenvalue weighted by molar-refractivity contribution is 0.591. The van der Waals surface area contributed by atoms with Gasteiger partial charge in [0, 0.05) is 10.9 Å². The molecule has 0 unspecified atom stereocenters. The normalized spacial score (nSPS) is 21.5. The minimum absolute atomic E-state index is 0.123. The smallest absolute Gasteiger partial charge is 0.184 e. The van der Waals surface area contributed by atoms with Crippen molar-refractivity contribution in [2.75, 3.05) is 0 Å². The molecule has 120 valence electrons. The van der Waals surface area contributed by atoms with Crippen LogP contribution >= 0.6 is 11.6 Å². The van der Waals surface area contributed by atoms with Gasteiger partial charge in [0.25, 0.3) is 0 Å². The highest BCUT2D eigenvalue weighted by atomic mass is 35.5. The number of benzene rings is 2. The van der Waals surface area contributed by atoms with Crippen molar-refractivity contribution >= 4 is 21.4 Å². The summed E-state index contributed by atoms with van der Waals surface area (Å²) in [6, 6.07) is 16.9. The van der Waals surface area contributed by atoms with E-state index in [2.05, 4.69) is 0 Å². The van der Waals surface area contributed by atoms with E-state index >= 15 is 0 Å². The van der Waals surface area contributed by atoms with E-state index in [4.69, 9.17) is 11.6 Å². The Hall–Kier alpha value is -2.34. The van der Waals surface area contributed by atoms with E-state index in [0.717, 1.165) is 5.56 Å². The van der Waals surface area contributed by atoms with Crippen molar-refractivity contribution in [3.05, 3.63) is 64.7 Å². The molecule has 0 aromatic heterocycles. The Labute approximate surface area is 145 Å². The number of nitrogens with zero attached hydrogens (tertiary/aromatic N) is 2. The third kappa shape index (κ3) is 2.38. The van der Waals surface area contributed by atoms with Gasteiger partial charge in [0.05, 0.1) is 17.0 Å². The van der Waals surface area contributed by atoms with Gasteiger partial charge < -0.3 is 0 Å². The van der Waals surface area contributed by atoms with Crippen molar-refractivity contribution in [2.45, 2.75) is 23.0 Å². The molecule has 0 spiro atoms. The van der Waals surface area contributed by atoms with Crippen LogP contribution in [0, 0.1) is 35.0 Å². The molecular weight excluding hydrogens is 344 g/mol. The van der Waals surface area contributed by atoms with Gasteiger partial charge >= 0.3 is 0 Å². The molecule has 24 heavy (non-hydrogen) atoms.